The molecule has 0 spiro atoms. The Morgan fingerprint density at radius 1 is 1.37 bits per heavy atom. The van der Waals surface area contributed by atoms with Gasteiger partial charge in [-0.2, -0.15) is 0 Å². The minimum absolute atomic E-state index is 0.165. The summed E-state index contributed by atoms with van der Waals surface area (Å²) >= 11 is 3.55. The van der Waals surface area contributed by atoms with Crippen LogP contribution in [0.25, 0.3) is 11.0 Å². The van der Waals surface area contributed by atoms with E-state index >= 15 is 0 Å². The predicted octanol–water partition coefficient (Wildman–Crippen LogP) is 3.61. The van der Waals surface area contributed by atoms with Gasteiger partial charge in [-0.3, -0.25) is 0 Å². The Morgan fingerprint density at radius 2 is 2.05 bits per heavy atom. The molecule has 1 aromatic carbocycles. The van der Waals surface area contributed by atoms with Crippen LogP contribution in [0.3, 0.4) is 0 Å². The third-order valence-electron chi connectivity index (χ3n) is 3.92. The van der Waals surface area contributed by atoms with Crippen LogP contribution in [0.15, 0.2) is 21.4 Å². The number of halogens is 1. The second-order valence-corrected chi connectivity index (χ2v) is 6.39. The number of nitrogens with one attached hydrogen (secondary N) is 3. The van der Waals surface area contributed by atoms with Crippen molar-refractivity contribution in [1.82, 2.24) is 9.97 Å². The molecule has 1 heterocycles. The number of imidazole rings is 1. The fraction of sp³-hybridized carbons (Fsp3) is 0.500. The van der Waals surface area contributed by atoms with E-state index in [9.17, 15) is 4.79 Å². The van der Waals surface area contributed by atoms with E-state index in [1.54, 1.807) is 0 Å². The van der Waals surface area contributed by atoms with Crippen LogP contribution in [0, 0.1) is 5.92 Å². The highest BCUT2D eigenvalue weighted by Gasteiger charge is 2.20. The largest absolute Gasteiger partial charge is 0.382 e. The van der Waals surface area contributed by atoms with Gasteiger partial charge in [-0.1, -0.05) is 19.3 Å². The van der Waals surface area contributed by atoms with Gasteiger partial charge in [-0.15, -0.1) is 0 Å². The van der Waals surface area contributed by atoms with Gasteiger partial charge in [0.05, 0.1) is 16.7 Å². The number of fused-ring (bicyclic) bond motifs is 1. The minimum Gasteiger partial charge on any atom is -0.382 e. The highest BCUT2D eigenvalue weighted by atomic mass is 79.9. The van der Waals surface area contributed by atoms with E-state index in [1.165, 1.54) is 25.7 Å². The maximum absolute atomic E-state index is 11.3. The van der Waals surface area contributed by atoms with Crippen molar-refractivity contribution in [3.05, 3.63) is 27.1 Å². The molecular weight excluding hydrogens is 306 g/mol. The standard InChI is InChI=1S/C14H18BrN3O/c1-8(5-9-3-2-4-9)16-11-7-13-12(6-10(11)15)17-14(19)18-13/h6-9,16H,2-5H2,1H3,(H2,17,18,19). The molecule has 2 aromatic rings. The van der Waals surface area contributed by atoms with E-state index in [1.807, 2.05) is 12.1 Å². The number of aromatic nitrogens is 2. The first-order valence-corrected chi connectivity index (χ1v) is 7.59. The van der Waals surface area contributed by atoms with E-state index in [4.69, 9.17) is 0 Å². The number of aromatic amines is 2. The average Bonchev–Trinajstić information content (AvgIpc) is 2.63. The van der Waals surface area contributed by atoms with Crippen LogP contribution in [-0.4, -0.2) is 16.0 Å². The second-order valence-electron chi connectivity index (χ2n) is 5.53. The summed E-state index contributed by atoms with van der Waals surface area (Å²) in [6, 6.07) is 4.37. The topological polar surface area (TPSA) is 60.7 Å². The Balaban J connectivity index is 1.78. The van der Waals surface area contributed by atoms with Crippen molar-refractivity contribution in [2.24, 2.45) is 5.92 Å². The molecule has 1 unspecified atom stereocenters. The van der Waals surface area contributed by atoms with Crippen molar-refractivity contribution < 1.29 is 0 Å². The summed E-state index contributed by atoms with van der Waals surface area (Å²) in [6.07, 6.45) is 5.35. The zero-order valence-corrected chi connectivity index (χ0v) is 12.5. The third-order valence-corrected chi connectivity index (χ3v) is 4.57. The van der Waals surface area contributed by atoms with Crippen molar-refractivity contribution in [3.63, 3.8) is 0 Å². The molecule has 4 nitrogen and oxygen atoms in total. The summed E-state index contributed by atoms with van der Waals surface area (Å²) in [6.45, 7) is 2.22. The van der Waals surface area contributed by atoms with Crippen LogP contribution in [0.2, 0.25) is 0 Å². The fourth-order valence-corrected chi connectivity index (χ4v) is 3.18. The van der Waals surface area contributed by atoms with Gasteiger partial charge in [-0.05, 0) is 47.3 Å². The Hall–Kier alpha value is -1.23. The van der Waals surface area contributed by atoms with Crippen molar-refractivity contribution in [2.75, 3.05) is 5.32 Å². The lowest BCUT2D eigenvalue weighted by Gasteiger charge is -2.29. The number of hydrogen-bond donors (Lipinski definition) is 3. The molecule has 19 heavy (non-hydrogen) atoms. The average molecular weight is 324 g/mol. The summed E-state index contributed by atoms with van der Waals surface area (Å²) in [5.41, 5.74) is 2.54. The molecule has 0 saturated heterocycles. The smallest absolute Gasteiger partial charge is 0.323 e. The van der Waals surface area contributed by atoms with Crippen molar-refractivity contribution in [3.8, 4) is 0 Å². The normalized spacial score (nSPS) is 17.4. The lowest BCUT2D eigenvalue weighted by Crippen LogP contribution is -2.23. The van der Waals surface area contributed by atoms with Crippen LogP contribution < -0.4 is 11.0 Å². The van der Waals surface area contributed by atoms with Crippen LogP contribution in [-0.2, 0) is 0 Å². The highest BCUT2D eigenvalue weighted by molar-refractivity contribution is 9.10. The Morgan fingerprint density at radius 3 is 2.68 bits per heavy atom. The molecule has 1 atom stereocenters. The van der Waals surface area contributed by atoms with Gasteiger partial charge in [0.25, 0.3) is 0 Å². The molecule has 1 aliphatic carbocycles. The molecule has 1 aliphatic rings. The number of benzene rings is 1. The van der Waals surface area contributed by atoms with E-state index in [0.717, 1.165) is 27.1 Å². The van der Waals surface area contributed by atoms with Crippen LogP contribution in [0.5, 0.6) is 0 Å². The first-order valence-electron chi connectivity index (χ1n) is 6.80. The summed E-state index contributed by atoms with van der Waals surface area (Å²) in [4.78, 5) is 16.8. The molecule has 3 rings (SSSR count). The van der Waals surface area contributed by atoms with Crippen molar-refractivity contribution >= 4 is 32.7 Å². The molecule has 0 bridgehead atoms. The van der Waals surface area contributed by atoms with Crippen LogP contribution in [0.1, 0.15) is 32.6 Å². The van der Waals surface area contributed by atoms with Gasteiger partial charge < -0.3 is 15.3 Å². The van der Waals surface area contributed by atoms with Crippen LogP contribution in [0.4, 0.5) is 5.69 Å². The minimum atomic E-state index is -0.165. The Bertz CT molecular complexity index is 642. The molecule has 3 N–H and O–H groups in total. The van der Waals surface area contributed by atoms with Gasteiger partial charge in [0.2, 0.25) is 0 Å². The van der Waals surface area contributed by atoms with E-state index in [2.05, 4.69) is 38.1 Å². The zero-order chi connectivity index (χ0) is 13.4. The summed E-state index contributed by atoms with van der Waals surface area (Å²) in [7, 11) is 0. The van der Waals surface area contributed by atoms with Gasteiger partial charge in [0.1, 0.15) is 0 Å². The monoisotopic (exact) mass is 323 g/mol. The number of rotatable bonds is 4. The summed E-state index contributed by atoms with van der Waals surface area (Å²) in [5, 5.41) is 3.53. The lowest BCUT2D eigenvalue weighted by molar-refractivity contribution is 0.286. The summed E-state index contributed by atoms with van der Waals surface area (Å²) in [5.74, 6) is 0.886. The van der Waals surface area contributed by atoms with Gasteiger partial charge >= 0.3 is 5.69 Å². The number of H-pyrrole nitrogens is 2. The predicted molar refractivity (Wildman–Crippen MR) is 81.7 cm³/mol. The molecule has 102 valence electrons. The lowest BCUT2D eigenvalue weighted by atomic mass is 9.81. The van der Waals surface area contributed by atoms with Gasteiger partial charge in [0, 0.05) is 10.5 Å². The molecule has 0 radical (unpaired) electrons. The third kappa shape index (κ3) is 2.71. The first-order chi connectivity index (χ1) is 9.11. The SMILES string of the molecule is CC(CC1CCC1)Nc1cc2[nH]c(=O)[nH]c2cc1Br. The van der Waals surface area contributed by atoms with E-state index in [-0.39, 0.29) is 5.69 Å². The maximum Gasteiger partial charge on any atom is 0.323 e. The zero-order valence-electron chi connectivity index (χ0n) is 10.9. The number of hydrogen-bond acceptors (Lipinski definition) is 2. The Kier molecular flexibility index (Phi) is 3.39. The van der Waals surface area contributed by atoms with Crippen molar-refractivity contribution in [2.45, 2.75) is 38.6 Å². The molecule has 1 aromatic heterocycles. The van der Waals surface area contributed by atoms with Gasteiger partial charge in [0.15, 0.2) is 0 Å². The van der Waals surface area contributed by atoms with Crippen LogP contribution >= 0.6 is 15.9 Å². The first kappa shape index (κ1) is 12.8. The summed E-state index contributed by atoms with van der Waals surface area (Å²) < 4.78 is 0.982. The molecular formula is C14H18BrN3O. The van der Waals surface area contributed by atoms with Gasteiger partial charge in [-0.25, -0.2) is 4.79 Å². The van der Waals surface area contributed by atoms with Crippen molar-refractivity contribution in [1.29, 1.82) is 0 Å². The fourth-order valence-electron chi connectivity index (χ4n) is 2.72. The Labute approximate surface area is 120 Å². The molecule has 1 fully saturated rings. The maximum atomic E-state index is 11.3. The van der Waals surface area contributed by atoms with E-state index < -0.39 is 0 Å². The molecule has 5 heteroatoms. The molecule has 0 aliphatic heterocycles. The number of anilines is 1. The van der Waals surface area contributed by atoms with E-state index in [0.29, 0.717) is 6.04 Å². The molecule has 0 amide bonds. The highest BCUT2D eigenvalue weighted by Crippen LogP contribution is 2.32. The quantitative estimate of drug-likeness (QED) is 0.804. The molecule has 1 saturated carbocycles. The second kappa shape index (κ2) is 5.04.